The highest BCUT2D eigenvalue weighted by Crippen LogP contribution is 2.16. The smallest absolute Gasteiger partial charge is 0.269 e. The van der Waals surface area contributed by atoms with Crippen molar-refractivity contribution in [2.75, 3.05) is 18.0 Å². The molecule has 1 fully saturated rings. The zero-order chi connectivity index (χ0) is 17.6. The summed E-state index contributed by atoms with van der Waals surface area (Å²) >= 11 is 0. The van der Waals surface area contributed by atoms with Crippen LogP contribution in [0.2, 0.25) is 0 Å². The minimum absolute atomic E-state index is 0.0911. The highest BCUT2D eigenvalue weighted by atomic mass is 16.2. The van der Waals surface area contributed by atoms with Gasteiger partial charge in [0.25, 0.3) is 5.56 Å². The van der Waals surface area contributed by atoms with Crippen molar-refractivity contribution in [3.63, 3.8) is 0 Å². The maximum absolute atomic E-state index is 12.2. The van der Waals surface area contributed by atoms with Gasteiger partial charge >= 0.3 is 0 Å². The van der Waals surface area contributed by atoms with E-state index < -0.39 is 0 Å². The lowest BCUT2D eigenvalue weighted by Gasteiger charge is -2.17. The first-order valence-corrected chi connectivity index (χ1v) is 8.68. The largest absolute Gasteiger partial charge is 0.370 e. The van der Waals surface area contributed by atoms with Gasteiger partial charge in [-0.3, -0.25) is 14.6 Å². The Hall–Kier alpha value is -2.70. The third-order valence-electron chi connectivity index (χ3n) is 4.38. The predicted octanol–water partition coefficient (Wildman–Crippen LogP) is 1.12. The van der Waals surface area contributed by atoms with E-state index >= 15 is 0 Å². The molecular weight excluding hydrogens is 318 g/mol. The molecule has 132 valence electrons. The second kappa shape index (κ2) is 7.92. The molecule has 0 radical (unpaired) electrons. The van der Waals surface area contributed by atoms with Crippen LogP contribution >= 0.6 is 0 Å². The van der Waals surface area contributed by atoms with E-state index in [0.29, 0.717) is 6.54 Å². The number of nitrogens with zero attached hydrogens (tertiary/aromatic N) is 4. The molecule has 3 heterocycles. The van der Waals surface area contributed by atoms with Gasteiger partial charge in [-0.1, -0.05) is 13.0 Å². The van der Waals surface area contributed by atoms with E-state index in [1.807, 2.05) is 18.3 Å². The van der Waals surface area contributed by atoms with Crippen molar-refractivity contribution in [3.05, 3.63) is 52.2 Å². The molecule has 0 aromatic carbocycles. The van der Waals surface area contributed by atoms with E-state index in [0.717, 1.165) is 49.3 Å². The molecule has 0 spiro atoms. The van der Waals surface area contributed by atoms with E-state index in [-0.39, 0.29) is 18.0 Å². The first kappa shape index (κ1) is 17.1. The van der Waals surface area contributed by atoms with Gasteiger partial charge in [0.2, 0.25) is 5.91 Å². The van der Waals surface area contributed by atoms with E-state index in [1.165, 1.54) is 4.68 Å². The average molecular weight is 341 g/mol. The lowest BCUT2D eigenvalue weighted by Crippen LogP contribution is -2.34. The van der Waals surface area contributed by atoms with Crippen LogP contribution in [0.4, 0.5) is 5.69 Å². The molecule has 7 nitrogen and oxygen atoms in total. The lowest BCUT2D eigenvalue weighted by atomic mass is 10.2. The second-order valence-corrected chi connectivity index (χ2v) is 6.19. The zero-order valence-corrected chi connectivity index (χ0v) is 14.4. The van der Waals surface area contributed by atoms with Gasteiger partial charge in [-0.25, -0.2) is 4.68 Å². The van der Waals surface area contributed by atoms with Gasteiger partial charge in [-0.15, -0.1) is 0 Å². The molecule has 3 rings (SSSR count). The van der Waals surface area contributed by atoms with Gasteiger partial charge in [0.05, 0.1) is 24.1 Å². The summed E-state index contributed by atoms with van der Waals surface area (Å²) in [4.78, 5) is 30.7. The zero-order valence-electron chi connectivity index (χ0n) is 14.4. The van der Waals surface area contributed by atoms with Crippen molar-refractivity contribution >= 4 is 11.6 Å². The fraction of sp³-hybridized carbons (Fsp3) is 0.444. The van der Waals surface area contributed by atoms with E-state index in [2.05, 4.69) is 27.2 Å². The normalized spacial score (nSPS) is 13.9. The van der Waals surface area contributed by atoms with Crippen LogP contribution in [0.1, 0.15) is 31.0 Å². The molecule has 25 heavy (non-hydrogen) atoms. The summed E-state index contributed by atoms with van der Waals surface area (Å²) in [5.74, 6) is -0.259. The molecule has 7 heteroatoms. The van der Waals surface area contributed by atoms with Crippen molar-refractivity contribution < 1.29 is 4.79 Å². The average Bonchev–Trinajstić information content (AvgIpc) is 3.17. The Labute approximate surface area is 146 Å². The molecule has 2 aromatic rings. The number of anilines is 1. The summed E-state index contributed by atoms with van der Waals surface area (Å²) in [7, 11) is 0. The monoisotopic (exact) mass is 341 g/mol. The van der Waals surface area contributed by atoms with Crippen LogP contribution in [-0.4, -0.2) is 33.8 Å². The Kier molecular flexibility index (Phi) is 5.42. The Bertz CT molecular complexity index is 779. The van der Waals surface area contributed by atoms with Crippen LogP contribution in [0.25, 0.3) is 0 Å². The highest BCUT2D eigenvalue weighted by Gasteiger charge is 2.14. The summed E-state index contributed by atoms with van der Waals surface area (Å²) in [6.45, 7) is 4.22. The standard InChI is InChI=1S/C18H23N5O2/c1-2-14-5-6-15(19-10-14)11-20-17(24)13-23-18(25)9-16(12-21-23)22-7-3-4-8-22/h5-6,9-10,12H,2-4,7-8,11,13H2,1H3,(H,20,24). The molecule has 0 atom stereocenters. The van der Waals surface area contributed by atoms with Crippen molar-refractivity contribution in [3.8, 4) is 0 Å². The Morgan fingerprint density at radius 1 is 1.24 bits per heavy atom. The minimum atomic E-state index is -0.259. The topological polar surface area (TPSA) is 80.1 Å². The van der Waals surface area contributed by atoms with Gasteiger partial charge in [0.1, 0.15) is 6.54 Å². The number of aromatic nitrogens is 3. The van der Waals surface area contributed by atoms with Crippen LogP contribution < -0.4 is 15.8 Å². The summed E-state index contributed by atoms with van der Waals surface area (Å²) in [6.07, 6.45) is 6.68. The number of amides is 1. The molecule has 1 amide bonds. The molecule has 1 saturated heterocycles. The molecular formula is C18H23N5O2. The molecule has 0 unspecified atom stereocenters. The van der Waals surface area contributed by atoms with Crippen molar-refractivity contribution in [1.82, 2.24) is 20.1 Å². The third kappa shape index (κ3) is 4.43. The number of carbonyl (C=O) groups excluding carboxylic acids is 1. The number of rotatable bonds is 6. The second-order valence-electron chi connectivity index (χ2n) is 6.19. The molecule has 0 saturated carbocycles. The molecule has 1 N–H and O–H groups in total. The van der Waals surface area contributed by atoms with Crippen LogP contribution in [0, 0.1) is 0 Å². The summed E-state index contributed by atoms with van der Waals surface area (Å²) in [5.41, 5.74) is 2.52. The van der Waals surface area contributed by atoms with Crippen LogP contribution in [0.3, 0.4) is 0 Å². The number of nitrogens with one attached hydrogen (secondary N) is 1. The maximum atomic E-state index is 12.2. The fourth-order valence-corrected chi connectivity index (χ4v) is 2.84. The van der Waals surface area contributed by atoms with Gasteiger partial charge < -0.3 is 10.2 Å². The maximum Gasteiger partial charge on any atom is 0.269 e. The third-order valence-corrected chi connectivity index (χ3v) is 4.38. The first-order valence-electron chi connectivity index (χ1n) is 8.68. The SMILES string of the molecule is CCc1ccc(CNC(=O)Cn2ncc(N3CCCC3)cc2=O)nc1. The summed E-state index contributed by atoms with van der Waals surface area (Å²) in [6, 6.07) is 5.45. The highest BCUT2D eigenvalue weighted by molar-refractivity contribution is 5.75. The Morgan fingerprint density at radius 3 is 2.68 bits per heavy atom. The molecule has 2 aromatic heterocycles. The minimum Gasteiger partial charge on any atom is -0.370 e. The summed E-state index contributed by atoms with van der Waals surface area (Å²) in [5, 5.41) is 6.90. The first-order chi connectivity index (χ1) is 12.2. The van der Waals surface area contributed by atoms with Gasteiger partial charge in [0.15, 0.2) is 0 Å². The van der Waals surface area contributed by atoms with Gasteiger partial charge in [-0.05, 0) is 30.9 Å². The van der Waals surface area contributed by atoms with Crippen LogP contribution in [0.15, 0.2) is 35.4 Å². The van der Waals surface area contributed by atoms with Crippen LogP contribution in [0.5, 0.6) is 0 Å². The summed E-state index contributed by atoms with van der Waals surface area (Å²) < 4.78 is 1.18. The quantitative estimate of drug-likeness (QED) is 0.852. The molecule has 1 aliphatic heterocycles. The number of hydrogen-bond donors (Lipinski definition) is 1. The van der Waals surface area contributed by atoms with Crippen molar-refractivity contribution in [2.45, 2.75) is 39.3 Å². The number of carbonyl (C=O) groups is 1. The van der Waals surface area contributed by atoms with E-state index in [1.54, 1.807) is 12.3 Å². The Balaban J connectivity index is 1.55. The number of aryl methyl sites for hydroxylation is 1. The van der Waals surface area contributed by atoms with Gasteiger partial charge in [-0.2, -0.15) is 5.10 Å². The Morgan fingerprint density at radius 2 is 2.04 bits per heavy atom. The predicted molar refractivity (Wildman–Crippen MR) is 95.4 cm³/mol. The molecule has 0 aliphatic carbocycles. The van der Waals surface area contributed by atoms with E-state index in [4.69, 9.17) is 0 Å². The molecule has 0 bridgehead atoms. The van der Waals surface area contributed by atoms with Crippen LogP contribution in [-0.2, 0) is 24.3 Å². The lowest BCUT2D eigenvalue weighted by molar-refractivity contribution is -0.122. The van der Waals surface area contributed by atoms with Crippen molar-refractivity contribution in [2.24, 2.45) is 0 Å². The van der Waals surface area contributed by atoms with Crippen molar-refractivity contribution in [1.29, 1.82) is 0 Å². The number of hydrogen-bond acceptors (Lipinski definition) is 5. The molecule has 1 aliphatic rings. The van der Waals surface area contributed by atoms with E-state index in [9.17, 15) is 9.59 Å². The van der Waals surface area contributed by atoms with Gasteiger partial charge in [0, 0.05) is 25.4 Å². The fourth-order valence-electron chi connectivity index (χ4n) is 2.84. The number of pyridine rings is 1.